The molecule has 2 aromatic carbocycles. The molecule has 4 aromatic rings. The second kappa shape index (κ2) is 10.5. The summed E-state index contributed by atoms with van der Waals surface area (Å²) in [6, 6.07) is 9.89. The van der Waals surface area contributed by atoms with Crippen LogP contribution in [-0.4, -0.2) is 42.1 Å². The number of hydrogen-bond acceptors (Lipinski definition) is 6. The molecule has 1 aliphatic heterocycles. The first-order chi connectivity index (χ1) is 17.8. The Morgan fingerprint density at radius 1 is 1.22 bits per heavy atom. The molecule has 2 amide bonds. The Morgan fingerprint density at radius 2 is 1.95 bits per heavy atom. The first kappa shape index (κ1) is 25.1. The fraction of sp³-hybridized carbons (Fsp3) is 0.231. The van der Waals surface area contributed by atoms with E-state index in [0.29, 0.717) is 35.3 Å². The van der Waals surface area contributed by atoms with Gasteiger partial charge in [-0.3, -0.25) is 0 Å². The first-order valence-electron chi connectivity index (χ1n) is 11.7. The van der Waals surface area contributed by atoms with Crippen LogP contribution in [0.4, 0.5) is 20.7 Å². The zero-order valence-electron chi connectivity index (χ0n) is 19.9. The molecule has 5 rings (SSSR count). The standard InChI is InChI=1S/C26H24Cl2FN5O3/c1-14(21-19(27)6-7-20(29)22(21)28)37-24-23-17(12-32-25(24)30)18(13-36-23)15-2-4-16(5-3-15)33-26(35)34-10-8-31-9-11-34/h2-7,12-14,31H,8-11H2,1H3,(H2,30,32)(H,33,35)/t14-/m1/s1. The number of halogens is 3. The third kappa shape index (κ3) is 5.02. The number of rotatable bonds is 5. The number of ether oxygens (including phenoxy) is 1. The van der Waals surface area contributed by atoms with Gasteiger partial charge in [0.15, 0.2) is 11.4 Å². The van der Waals surface area contributed by atoms with Crippen molar-refractivity contribution in [3.63, 3.8) is 0 Å². The molecule has 192 valence electrons. The molecule has 0 bridgehead atoms. The number of nitrogens with zero attached hydrogens (tertiary/aromatic N) is 2. The van der Waals surface area contributed by atoms with Crippen molar-refractivity contribution in [2.45, 2.75) is 13.0 Å². The van der Waals surface area contributed by atoms with Crippen LogP contribution >= 0.6 is 23.2 Å². The van der Waals surface area contributed by atoms with E-state index in [9.17, 15) is 9.18 Å². The van der Waals surface area contributed by atoms with Crippen molar-refractivity contribution in [3.05, 3.63) is 70.3 Å². The molecule has 1 aliphatic rings. The van der Waals surface area contributed by atoms with E-state index in [4.69, 9.17) is 38.1 Å². The smallest absolute Gasteiger partial charge is 0.321 e. The van der Waals surface area contributed by atoms with Crippen LogP contribution in [0.2, 0.25) is 10.0 Å². The van der Waals surface area contributed by atoms with Crippen molar-refractivity contribution in [2.75, 3.05) is 37.2 Å². The number of aromatic nitrogens is 1. The Balaban J connectivity index is 1.39. The SMILES string of the molecule is C[C@@H](Oc1c(N)ncc2c(-c3ccc(NC(=O)N4CCNCC4)cc3)coc12)c1c(Cl)ccc(F)c1Cl. The highest BCUT2D eigenvalue weighted by molar-refractivity contribution is 6.36. The van der Waals surface area contributed by atoms with Crippen molar-refractivity contribution < 1.29 is 18.3 Å². The highest BCUT2D eigenvalue weighted by atomic mass is 35.5. The maximum Gasteiger partial charge on any atom is 0.321 e. The van der Waals surface area contributed by atoms with Crippen LogP contribution in [0.5, 0.6) is 5.75 Å². The first-order valence-corrected chi connectivity index (χ1v) is 12.4. The van der Waals surface area contributed by atoms with Crippen LogP contribution in [0.1, 0.15) is 18.6 Å². The summed E-state index contributed by atoms with van der Waals surface area (Å²) in [7, 11) is 0. The van der Waals surface area contributed by atoms with Crippen LogP contribution in [0.3, 0.4) is 0 Å². The van der Waals surface area contributed by atoms with Crippen LogP contribution in [-0.2, 0) is 0 Å². The van der Waals surface area contributed by atoms with E-state index in [1.165, 1.54) is 12.1 Å². The molecule has 1 saturated heterocycles. The van der Waals surface area contributed by atoms with Gasteiger partial charge in [0.25, 0.3) is 0 Å². The molecular formula is C26H24Cl2FN5O3. The van der Waals surface area contributed by atoms with E-state index in [1.807, 2.05) is 24.3 Å². The van der Waals surface area contributed by atoms with Crippen molar-refractivity contribution in [3.8, 4) is 16.9 Å². The summed E-state index contributed by atoms with van der Waals surface area (Å²) in [6.07, 6.45) is 2.45. The lowest BCUT2D eigenvalue weighted by atomic mass is 10.1. The summed E-state index contributed by atoms with van der Waals surface area (Å²) >= 11 is 12.4. The highest BCUT2D eigenvalue weighted by Gasteiger charge is 2.23. The topological polar surface area (TPSA) is 106 Å². The highest BCUT2D eigenvalue weighted by Crippen LogP contribution is 2.41. The molecule has 0 saturated carbocycles. The van der Waals surface area contributed by atoms with Crippen LogP contribution in [0, 0.1) is 5.82 Å². The van der Waals surface area contributed by atoms with Gasteiger partial charge in [-0.25, -0.2) is 14.2 Å². The van der Waals surface area contributed by atoms with Crippen molar-refractivity contribution >= 4 is 51.7 Å². The molecule has 0 unspecified atom stereocenters. The predicted octanol–water partition coefficient (Wildman–Crippen LogP) is 6.10. The normalized spacial score (nSPS) is 14.5. The van der Waals surface area contributed by atoms with Gasteiger partial charge in [-0.05, 0) is 36.8 Å². The lowest BCUT2D eigenvalue weighted by Crippen LogP contribution is -2.48. The molecular weight excluding hydrogens is 520 g/mol. The van der Waals surface area contributed by atoms with Crippen LogP contribution in [0.25, 0.3) is 22.1 Å². The van der Waals surface area contributed by atoms with Crippen LogP contribution in [0.15, 0.2) is 53.3 Å². The number of fused-ring (bicyclic) bond motifs is 1. The summed E-state index contributed by atoms with van der Waals surface area (Å²) in [4.78, 5) is 18.5. The van der Waals surface area contributed by atoms with E-state index in [1.54, 1.807) is 24.3 Å². The van der Waals surface area contributed by atoms with Gasteiger partial charge in [-0.2, -0.15) is 0 Å². The number of furan rings is 1. The third-order valence-electron chi connectivity index (χ3n) is 6.23. The lowest BCUT2D eigenvalue weighted by Gasteiger charge is -2.27. The number of amides is 2. The molecule has 2 aromatic heterocycles. The molecule has 3 heterocycles. The largest absolute Gasteiger partial charge is 0.478 e. The Bertz CT molecular complexity index is 1460. The quantitative estimate of drug-likeness (QED) is 0.262. The second-order valence-electron chi connectivity index (χ2n) is 8.63. The fourth-order valence-corrected chi connectivity index (χ4v) is 4.95. The Kier molecular flexibility index (Phi) is 7.10. The number of benzene rings is 2. The minimum absolute atomic E-state index is 0.106. The van der Waals surface area contributed by atoms with Gasteiger partial charge >= 0.3 is 6.03 Å². The molecule has 1 fully saturated rings. The number of hydrogen-bond donors (Lipinski definition) is 3. The summed E-state index contributed by atoms with van der Waals surface area (Å²) in [5, 5.41) is 6.97. The minimum Gasteiger partial charge on any atom is -0.478 e. The second-order valence-corrected chi connectivity index (χ2v) is 9.41. The molecule has 8 nitrogen and oxygen atoms in total. The number of anilines is 2. The monoisotopic (exact) mass is 543 g/mol. The third-order valence-corrected chi connectivity index (χ3v) is 6.95. The number of urea groups is 1. The van der Waals surface area contributed by atoms with Crippen molar-refractivity contribution in [1.82, 2.24) is 15.2 Å². The number of piperazine rings is 1. The van der Waals surface area contributed by atoms with Gasteiger partial charge in [0, 0.05) is 54.2 Å². The molecule has 0 radical (unpaired) electrons. The average molecular weight is 544 g/mol. The number of carbonyl (C=O) groups excluding carboxylic acids is 1. The molecule has 0 spiro atoms. The predicted molar refractivity (Wildman–Crippen MR) is 143 cm³/mol. The van der Waals surface area contributed by atoms with Crippen molar-refractivity contribution in [1.29, 1.82) is 0 Å². The average Bonchev–Trinajstić information content (AvgIpc) is 3.33. The Morgan fingerprint density at radius 3 is 2.68 bits per heavy atom. The number of pyridine rings is 1. The number of carbonyl (C=O) groups is 1. The summed E-state index contributed by atoms with van der Waals surface area (Å²) in [6.45, 7) is 4.59. The van der Waals surface area contributed by atoms with Gasteiger partial charge in [-0.15, -0.1) is 0 Å². The minimum atomic E-state index is -0.738. The number of nitrogen functional groups attached to an aromatic ring is 1. The van der Waals surface area contributed by atoms with Gasteiger partial charge in [0.05, 0.1) is 16.7 Å². The molecule has 4 N–H and O–H groups in total. The van der Waals surface area contributed by atoms with Gasteiger partial charge < -0.3 is 30.4 Å². The molecule has 0 aliphatic carbocycles. The maximum absolute atomic E-state index is 14.0. The number of nitrogens with two attached hydrogens (primary N) is 1. The van der Waals surface area contributed by atoms with E-state index >= 15 is 0 Å². The number of nitrogens with one attached hydrogen (secondary N) is 2. The summed E-state index contributed by atoms with van der Waals surface area (Å²) in [5.74, 6) is -0.295. The zero-order chi connectivity index (χ0) is 26.1. The van der Waals surface area contributed by atoms with E-state index in [0.717, 1.165) is 24.2 Å². The lowest BCUT2D eigenvalue weighted by molar-refractivity contribution is 0.204. The molecule has 37 heavy (non-hydrogen) atoms. The van der Waals surface area contributed by atoms with Gasteiger partial charge in [0.1, 0.15) is 11.9 Å². The Hall–Kier alpha value is -3.53. The fourth-order valence-electron chi connectivity index (χ4n) is 4.27. The maximum atomic E-state index is 14.0. The molecule has 1 atom stereocenters. The Labute approximate surface area is 222 Å². The van der Waals surface area contributed by atoms with E-state index in [2.05, 4.69) is 15.6 Å². The zero-order valence-corrected chi connectivity index (χ0v) is 21.4. The van der Waals surface area contributed by atoms with Gasteiger partial charge in [0.2, 0.25) is 5.75 Å². The van der Waals surface area contributed by atoms with Crippen LogP contribution < -0.4 is 21.1 Å². The van der Waals surface area contributed by atoms with Gasteiger partial charge in [-0.1, -0.05) is 35.3 Å². The summed E-state index contributed by atoms with van der Waals surface area (Å²) in [5.41, 5.74) is 9.09. The molecule has 11 heteroatoms. The van der Waals surface area contributed by atoms with E-state index in [-0.39, 0.29) is 27.6 Å². The summed E-state index contributed by atoms with van der Waals surface area (Å²) < 4.78 is 25.9. The van der Waals surface area contributed by atoms with E-state index < -0.39 is 11.9 Å². The van der Waals surface area contributed by atoms with Crippen molar-refractivity contribution in [2.24, 2.45) is 0 Å².